The summed E-state index contributed by atoms with van der Waals surface area (Å²) >= 11 is 3.52. The highest BCUT2D eigenvalue weighted by Gasteiger charge is 2.28. The van der Waals surface area contributed by atoms with E-state index in [0.717, 1.165) is 17.4 Å². The molecular formula is C19H22BrN. The van der Waals surface area contributed by atoms with Gasteiger partial charge in [-0.2, -0.15) is 0 Å². The molecule has 110 valence electrons. The van der Waals surface area contributed by atoms with Gasteiger partial charge in [-0.25, -0.2) is 0 Å². The van der Waals surface area contributed by atoms with E-state index in [-0.39, 0.29) is 0 Å². The van der Waals surface area contributed by atoms with E-state index in [1.807, 2.05) is 0 Å². The first-order valence-corrected chi connectivity index (χ1v) is 8.63. The van der Waals surface area contributed by atoms with Crippen LogP contribution < -0.4 is 5.32 Å². The van der Waals surface area contributed by atoms with E-state index in [0.29, 0.717) is 12.0 Å². The van der Waals surface area contributed by atoms with E-state index >= 15 is 0 Å². The maximum Gasteiger partial charge on any atom is 0.0354 e. The molecule has 1 aliphatic carbocycles. The average Bonchev–Trinajstić information content (AvgIpc) is 2.52. The van der Waals surface area contributed by atoms with Gasteiger partial charge < -0.3 is 5.32 Å². The van der Waals surface area contributed by atoms with Crippen LogP contribution in [0.1, 0.15) is 36.1 Å². The maximum absolute atomic E-state index is 3.71. The van der Waals surface area contributed by atoms with Crippen molar-refractivity contribution in [2.24, 2.45) is 5.92 Å². The van der Waals surface area contributed by atoms with Gasteiger partial charge in [0, 0.05) is 10.5 Å². The van der Waals surface area contributed by atoms with Crippen molar-refractivity contribution in [2.75, 3.05) is 6.54 Å². The molecule has 0 bridgehead atoms. The number of aryl methyl sites for hydroxylation is 1. The van der Waals surface area contributed by atoms with Crippen LogP contribution in [-0.2, 0) is 12.8 Å². The molecule has 0 aliphatic heterocycles. The largest absolute Gasteiger partial charge is 0.310 e. The lowest BCUT2D eigenvalue weighted by Gasteiger charge is -2.34. The summed E-state index contributed by atoms with van der Waals surface area (Å²) in [6, 6.07) is 18.2. The lowest BCUT2D eigenvalue weighted by Crippen LogP contribution is -2.33. The van der Waals surface area contributed by atoms with Crippen LogP contribution in [0.2, 0.25) is 0 Å². The molecule has 0 fully saturated rings. The monoisotopic (exact) mass is 343 g/mol. The van der Waals surface area contributed by atoms with Crippen molar-refractivity contribution in [1.29, 1.82) is 0 Å². The molecule has 3 rings (SSSR count). The Bertz CT molecular complexity index is 591. The second-order valence-electron chi connectivity index (χ2n) is 5.86. The molecule has 2 unspecified atom stereocenters. The van der Waals surface area contributed by atoms with Gasteiger partial charge in [-0.05, 0) is 60.5 Å². The molecule has 0 spiro atoms. The highest BCUT2D eigenvalue weighted by atomic mass is 79.9. The van der Waals surface area contributed by atoms with E-state index in [1.54, 1.807) is 0 Å². The number of hydrogen-bond acceptors (Lipinski definition) is 1. The zero-order valence-corrected chi connectivity index (χ0v) is 14.1. The molecular weight excluding hydrogens is 322 g/mol. The summed E-state index contributed by atoms with van der Waals surface area (Å²) in [6.45, 7) is 3.23. The van der Waals surface area contributed by atoms with E-state index in [1.165, 1.54) is 29.5 Å². The van der Waals surface area contributed by atoms with Crippen LogP contribution in [0.15, 0.2) is 53.0 Å². The molecule has 0 saturated carbocycles. The molecule has 0 aromatic heterocycles. The summed E-state index contributed by atoms with van der Waals surface area (Å²) in [5, 5.41) is 3.71. The van der Waals surface area contributed by atoms with Crippen LogP contribution in [0.4, 0.5) is 0 Å². The molecule has 2 heteroatoms. The van der Waals surface area contributed by atoms with Gasteiger partial charge in [0.2, 0.25) is 0 Å². The topological polar surface area (TPSA) is 12.0 Å². The predicted octanol–water partition coefficient (Wildman–Crippen LogP) is 4.90. The van der Waals surface area contributed by atoms with Gasteiger partial charge in [-0.3, -0.25) is 0 Å². The third-order valence-electron chi connectivity index (χ3n) is 4.48. The van der Waals surface area contributed by atoms with Crippen LogP contribution in [-0.4, -0.2) is 6.54 Å². The first-order valence-electron chi connectivity index (χ1n) is 7.83. The molecule has 0 radical (unpaired) electrons. The highest BCUT2D eigenvalue weighted by molar-refractivity contribution is 9.10. The minimum atomic E-state index is 0.489. The van der Waals surface area contributed by atoms with Gasteiger partial charge in [-0.15, -0.1) is 0 Å². The fraction of sp³-hybridized carbons (Fsp3) is 0.368. The minimum absolute atomic E-state index is 0.489. The summed E-state index contributed by atoms with van der Waals surface area (Å²) < 4.78 is 1.16. The Balaban J connectivity index is 1.83. The van der Waals surface area contributed by atoms with E-state index < -0.39 is 0 Å². The molecule has 2 aromatic carbocycles. The van der Waals surface area contributed by atoms with Gasteiger partial charge in [0.25, 0.3) is 0 Å². The number of halogens is 1. The summed E-state index contributed by atoms with van der Waals surface area (Å²) in [7, 11) is 0. The number of benzene rings is 2. The lowest BCUT2D eigenvalue weighted by molar-refractivity contribution is 0.323. The second kappa shape index (κ2) is 6.76. The van der Waals surface area contributed by atoms with Crippen LogP contribution >= 0.6 is 15.9 Å². The van der Waals surface area contributed by atoms with Crippen LogP contribution in [0.25, 0.3) is 0 Å². The van der Waals surface area contributed by atoms with Gasteiger partial charge >= 0.3 is 0 Å². The quantitative estimate of drug-likeness (QED) is 0.831. The van der Waals surface area contributed by atoms with E-state index in [4.69, 9.17) is 0 Å². The fourth-order valence-corrected chi connectivity index (χ4v) is 3.73. The molecule has 1 N–H and O–H groups in total. The third kappa shape index (κ3) is 3.38. The summed E-state index contributed by atoms with van der Waals surface area (Å²) in [5.74, 6) is 0.682. The molecule has 21 heavy (non-hydrogen) atoms. The normalized spacial score (nSPS) is 21.0. The summed E-state index contributed by atoms with van der Waals surface area (Å²) in [4.78, 5) is 0. The Kier molecular flexibility index (Phi) is 4.77. The van der Waals surface area contributed by atoms with Gasteiger partial charge in [0.1, 0.15) is 0 Å². The Labute approximate surface area is 135 Å². The maximum atomic E-state index is 3.71. The standard InChI is InChI=1S/C19H22BrN/c1-2-21-19-16(13-14-7-11-17(20)12-8-14)10-9-15-5-3-4-6-18(15)19/h3-8,11-12,16,19,21H,2,9-10,13H2,1H3. The SMILES string of the molecule is CCNC1c2ccccc2CCC1Cc1ccc(Br)cc1. The number of hydrogen-bond donors (Lipinski definition) is 1. The zero-order chi connectivity index (χ0) is 14.7. The van der Waals surface area contributed by atoms with Crippen LogP contribution in [0.3, 0.4) is 0 Å². The van der Waals surface area contributed by atoms with Gasteiger partial charge in [0.05, 0.1) is 0 Å². The Hall–Kier alpha value is -1.12. The van der Waals surface area contributed by atoms with Crippen molar-refractivity contribution < 1.29 is 0 Å². The van der Waals surface area contributed by atoms with Gasteiger partial charge in [-0.1, -0.05) is 59.3 Å². The van der Waals surface area contributed by atoms with E-state index in [2.05, 4.69) is 76.7 Å². The Morgan fingerprint density at radius 3 is 2.62 bits per heavy atom. The zero-order valence-electron chi connectivity index (χ0n) is 12.5. The molecule has 1 nitrogen and oxygen atoms in total. The number of fused-ring (bicyclic) bond motifs is 1. The number of nitrogens with one attached hydrogen (secondary N) is 1. The van der Waals surface area contributed by atoms with E-state index in [9.17, 15) is 0 Å². The molecule has 0 saturated heterocycles. The smallest absolute Gasteiger partial charge is 0.0354 e. The highest BCUT2D eigenvalue weighted by Crippen LogP contribution is 2.36. The van der Waals surface area contributed by atoms with Crippen molar-refractivity contribution in [3.63, 3.8) is 0 Å². The molecule has 0 amide bonds. The first-order chi connectivity index (χ1) is 10.3. The third-order valence-corrected chi connectivity index (χ3v) is 5.01. The number of rotatable bonds is 4. The Morgan fingerprint density at radius 1 is 1.10 bits per heavy atom. The molecule has 2 atom stereocenters. The lowest BCUT2D eigenvalue weighted by atomic mass is 9.77. The first kappa shape index (κ1) is 14.8. The summed E-state index contributed by atoms with van der Waals surface area (Å²) in [5.41, 5.74) is 4.47. The minimum Gasteiger partial charge on any atom is -0.310 e. The molecule has 1 aliphatic rings. The predicted molar refractivity (Wildman–Crippen MR) is 92.5 cm³/mol. The van der Waals surface area contributed by atoms with Crippen LogP contribution in [0.5, 0.6) is 0 Å². The second-order valence-corrected chi connectivity index (χ2v) is 6.78. The van der Waals surface area contributed by atoms with Crippen molar-refractivity contribution in [3.05, 3.63) is 69.7 Å². The summed E-state index contributed by atoms with van der Waals surface area (Å²) in [6.07, 6.45) is 3.63. The van der Waals surface area contributed by atoms with Crippen molar-refractivity contribution in [2.45, 2.75) is 32.2 Å². The van der Waals surface area contributed by atoms with Crippen molar-refractivity contribution in [3.8, 4) is 0 Å². The Morgan fingerprint density at radius 2 is 1.86 bits per heavy atom. The van der Waals surface area contributed by atoms with Crippen LogP contribution in [0, 0.1) is 5.92 Å². The van der Waals surface area contributed by atoms with Gasteiger partial charge in [0.15, 0.2) is 0 Å². The fourth-order valence-electron chi connectivity index (χ4n) is 3.47. The molecule has 0 heterocycles. The van der Waals surface area contributed by atoms with Crippen molar-refractivity contribution >= 4 is 15.9 Å². The average molecular weight is 344 g/mol. The molecule has 2 aromatic rings. The van der Waals surface area contributed by atoms with Crippen molar-refractivity contribution in [1.82, 2.24) is 5.32 Å².